The lowest BCUT2D eigenvalue weighted by atomic mass is 10.1. The first-order valence-electron chi connectivity index (χ1n) is 8.44. The average Bonchev–Trinajstić information content (AvgIpc) is 3.29. The lowest BCUT2D eigenvalue weighted by molar-refractivity contribution is -0.137. The number of benzene rings is 1. The fourth-order valence-corrected chi connectivity index (χ4v) is 3.33. The van der Waals surface area contributed by atoms with E-state index in [0.29, 0.717) is 27.7 Å². The maximum atomic E-state index is 12.7. The van der Waals surface area contributed by atoms with Crippen LogP contribution in [0.15, 0.2) is 34.9 Å². The van der Waals surface area contributed by atoms with Crippen LogP contribution in [0, 0.1) is 13.8 Å². The number of nitrogens with one attached hydrogen (secondary N) is 2. The van der Waals surface area contributed by atoms with Crippen LogP contribution in [-0.2, 0) is 17.5 Å². The van der Waals surface area contributed by atoms with Gasteiger partial charge in [0.05, 0.1) is 11.3 Å². The summed E-state index contributed by atoms with van der Waals surface area (Å²) in [5.41, 5.74) is 4.71. The van der Waals surface area contributed by atoms with Crippen molar-refractivity contribution in [3.05, 3.63) is 57.9 Å². The van der Waals surface area contributed by atoms with Gasteiger partial charge in [-0.25, -0.2) is 15.2 Å². The first-order valence-corrected chi connectivity index (χ1v) is 9.25. The van der Waals surface area contributed by atoms with Crippen molar-refractivity contribution in [2.24, 2.45) is 0 Å². The van der Waals surface area contributed by atoms with Crippen molar-refractivity contribution in [3.8, 4) is 10.6 Å². The molecule has 0 spiro atoms. The molecule has 0 unspecified atom stereocenters. The van der Waals surface area contributed by atoms with Crippen LogP contribution in [0.2, 0.25) is 0 Å². The molecular weight excluding hydrogens is 425 g/mol. The molecular formula is C18H15F3N4O4S. The van der Waals surface area contributed by atoms with Gasteiger partial charge in [0.15, 0.2) is 0 Å². The Hall–Kier alpha value is -3.41. The largest absolute Gasteiger partial charge is 0.442 e. The molecule has 12 heteroatoms. The number of nitrogens with zero attached hydrogens (tertiary/aromatic N) is 2. The number of aryl methyl sites for hydroxylation is 2. The molecule has 30 heavy (non-hydrogen) atoms. The maximum absolute atomic E-state index is 12.7. The zero-order chi connectivity index (χ0) is 21.9. The van der Waals surface area contributed by atoms with Crippen molar-refractivity contribution >= 4 is 23.3 Å². The van der Waals surface area contributed by atoms with Crippen LogP contribution in [0.1, 0.15) is 32.4 Å². The minimum atomic E-state index is -4.44. The third-order valence-electron chi connectivity index (χ3n) is 3.77. The van der Waals surface area contributed by atoms with Crippen LogP contribution < -0.4 is 10.9 Å². The Labute approximate surface area is 172 Å². The molecule has 1 aromatic carbocycles. The Bertz CT molecular complexity index is 1060. The number of ether oxygens (including phenoxy) is 1. The van der Waals surface area contributed by atoms with Crippen molar-refractivity contribution in [2.75, 3.05) is 0 Å². The molecule has 2 aromatic heterocycles. The summed E-state index contributed by atoms with van der Waals surface area (Å²) in [7, 11) is 0. The lowest BCUT2D eigenvalue weighted by Crippen LogP contribution is -2.41. The highest BCUT2D eigenvalue weighted by atomic mass is 32.1. The Morgan fingerprint density at radius 3 is 2.47 bits per heavy atom. The quantitative estimate of drug-likeness (QED) is 0.594. The van der Waals surface area contributed by atoms with E-state index < -0.39 is 23.7 Å². The van der Waals surface area contributed by atoms with Crippen LogP contribution >= 0.6 is 11.3 Å². The van der Waals surface area contributed by atoms with Crippen LogP contribution in [-0.4, -0.2) is 22.1 Å². The van der Waals surface area contributed by atoms with Gasteiger partial charge >= 0.3 is 12.3 Å². The normalized spacial score (nSPS) is 11.2. The lowest BCUT2D eigenvalue weighted by Gasteiger charge is -2.06. The van der Waals surface area contributed by atoms with Crippen LogP contribution in [0.25, 0.3) is 10.6 Å². The van der Waals surface area contributed by atoms with Gasteiger partial charge in [-0.1, -0.05) is 17.3 Å². The number of aromatic nitrogens is 2. The molecule has 0 aliphatic heterocycles. The number of carbonyl (C=O) groups is 2. The monoisotopic (exact) mass is 440 g/mol. The van der Waals surface area contributed by atoms with Gasteiger partial charge < -0.3 is 9.26 Å². The molecule has 0 saturated heterocycles. The van der Waals surface area contributed by atoms with E-state index in [-0.39, 0.29) is 11.5 Å². The number of amides is 2. The number of hydrogen-bond donors (Lipinski definition) is 2. The van der Waals surface area contributed by atoms with Gasteiger partial charge in [-0.3, -0.25) is 10.2 Å². The molecule has 3 rings (SSSR count). The number of carbonyl (C=O) groups excluding carboxylic acids is 2. The molecule has 0 saturated carbocycles. The van der Waals surface area contributed by atoms with Gasteiger partial charge in [0.1, 0.15) is 27.9 Å². The Morgan fingerprint density at radius 2 is 1.87 bits per heavy atom. The number of hydrazine groups is 1. The summed E-state index contributed by atoms with van der Waals surface area (Å²) < 4.78 is 47.8. The summed E-state index contributed by atoms with van der Waals surface area (Å²) in [6.45, 7) is 3.12. The summed E-state index contributed by atoms with van der Waals surface area (Å²) in [6, 6.07) is 6.04. The molecule has 2 N–H and O–H groups in total. The Morgan fingerprint density at radius 1 is 1.17 bits per heavy atom. The number of halogens is 3. The molecule has 2 heterocycles. The summed E-state index contributed by atoms with van der Waals surface area (Å²) in [6.07, 6.45) is -5.34. The number of thiazole rings is 1. The van der Waals surface area contributed by atoms with Gasteiger partial charge in [0.2, 0.25) is 0 Å². The second kappa shape index (κ2) is 8.53. The van der Waals surface area contributed by atoms with E-state index in [9.17, 15) is 22.8 Å². The predicted octanol–water partition coefficient (Wildman–Crippen LogP) is 4.00. The molecule has 158 valence electrons. The molecule has 0 bridgehead atoms. The topological polar surface area (TPSA) is 106 Å². The summed E-state index contributed by atoms with van der Waals surface area (Å²) in [5.74, 6) is -0.0794. The zero-order valence-electron chi connectivity index (χ0n) is 15.7. The van der Waals surface area contributed by atoms with Crippen molar-refractivity contribution in [2.45, 2.75) is 26.6 Å². The maximum Gasteiger partial charge on any atom is 0.426 e. The van der Waals surface area contributed by atoms with E-state index in [4.69, 9.17) is 9.26 Å². The van der Waals surface area contributed by atoms with Gasteiger partial charge in [0, 0.05) is 11.6 Å². The number of alkyl halides is 3. The highest BCUT2D eigenvalue weighted by molar-refractivity contribution is 7.17. The van der Waals surface area contributed by atoms with Crippen LogP contribution in [0.5, 0.6) is 0 Å². The van der Waals surface area contributed by atoms with Gasteiger partial charge in [-0.2, -0.15) is 13.2 Å². The van der Waals surface area contributed by atoms with Gasteiger partial charge in [-0.15, -0.1) is 11.3 Å². The van der Waals surface area contributed by atoms with Crippen molar-refractivity contribution in [1.29, 1.82) is 0 Å². The number of hydrogen-bond acceptors (Lipinski definition) is 7. The van der Waals surface area contributed by atoms with E-state index in [2.05, 4.69) is 21.0 Å². The summed E-state index contributed by atoms with van der Waals surface area (Å²) in [4.78, 5) is 28.4. The second-order valence-electron chi connectivity index (χ2n) is 6.09. The Balaban J connectivity index is 1.59. The SMILES string of the molecule is Cc1cc(COC(=O)NNC(=O)c2sc(-c3ccc(C(F)(F)F)cc3)nc2C)no1. The van der Waals surface area contributed by atoms with E-state index in [1.165, 1.54) is 12.1 Å². The fraction of sp³-hybridized carbons (Fsp3) is 0.222. The third-order valence-corrected chi connectivity index (χ3v) is 4.97. The van der Waals surface area contributed by atoms with Crippen LogP contribution in [0.3, 0.4) is 0 Å². The fourth-order valence-electron chi connectivity index (χ4n) is 2.36. The van der Waals surface area contributed by atoms with E-state index in [0.717, 1.165) is 23.5 Å². The van der Waals surface area contributed by atoms with E-state index >= 15 is 0 Å². The highest BCUT2D eigenvalue weighted by Gasteiger charge is 2.30. The highest BCUT2D eigenvalue weighted by Crippen LogP contribution is 2.32. The molecule has 3 aromatic rings. The minimum Gasteiger partial charge on any atom is -0.442 e. The summed E-state index contributed by atoms with van der Waals surface area (Å²) in [5, 5.41) is 4.03. The van der Waals surface area contributed by atoms with Crippen LogP contribution in [0.4, 0.5) is 18.0 Å². The predicted molar refractivity (Wildman–Crippen MR) is 99.3 cm³/mol. The minimum absolute atomic E-state index is 0.142. The molecule has 0 aliphatic rings. The Kier molecular flexibility index (Phi) is 6.06. The molecule has 0 aliphatic carbocycles. The molecule has 0 fully saturated rings. The molecule has 8 nitrogen and oxygen atoms in total. The number of rotatable bonds is 4. The smallest absolute Gasteiger partial charge is 0.426 e. The van der Waals surface area contributed by atoms with Gasteiger partial charge in [0.25, 0.3) is 5.91 Å². The van der Waals surface area contributed by atoms with Crippen molar-refractivity contribution in [3.63, 3.8) is 0 Å². The second-order valence-corrected chi connectivity index (χ2v) is 7.09. The van der Waals surface area contributed by atoms with Crippen molar-refractivity contribution in [1.82, 2.24) is 21.0 Å². The molecule has 2 amide bonds. The first-order chi connectivity index (χ1) is 14.1. The van der Waals surface area contributed by atoms with E-state index in [1.54, 1.807) is 19.9 Å². The zero-order valence-corrected chi connectivity index (χ0v) is 16.5. The van der Waals surface area contributed by atoms with E-state index in [1.807, 2.05) is 0 Å². The molecule has 0 radical (unpaired) electrons. The first kappa shape index (κ1) is 21.3. The summed E-state index contributed by atoms with van der Waals surface area (Å²) >= 11 is 0.980. The van der Waals surface area contributed by atoms with Crippen molar-refractivity contribution < 1.29 is 32.0 Å². The van der Waals surface area contributed by atoms with Gasteiger partial charge in [-0.05, 0) is 26.0 Å². The molecule has 0 atom stereocenters. The third kappa shape index (κ3) is 5.14. The average molecular weight is 440 g/mol. The standard InChI is InChI=1S/C18H15F3N4O4S/c1-9-7-13(25-29-9)8-28-17(27)24-23-15(26)14-10(2)22-16(30-14)11-3-5-12(6-4-11)18(19,20)21/h3-7H,8H2,1-2H3,(H,23,26)(H,24,27).